The van der Waals surface area contributed by atoms with Gasteiger partial charge in [0, 0.05) is 5.92 Å². The Morgan fingerprint density at radius 1 is 0.950 bits per heavy atom. The molecule has 0 amide bonds. The summed E-state index contributed by atoms with van der Waals surface area (Å²) in [5, 5.41) is 10.3. The highest BCUT2D eigenvalue weighted by molar-refractivity contribution is 5.40. The molecule has 3 rings (SSSR count). The maximum Gasteiger partial charge on any atom is 0.416 e. The van der Waals surface area contributed by atoms with Crippen LogP contribution in [0.15, 0.2) is 48.5 Å². The Kier molecular flexibility index (Phi) is 3.05. The van der Waals surface area contributed by atoms with Crippen LogP contribution < -0.4 is 0 Å². The van der Waals surface area contributed by atoms with Crippen molar-refractivity contribution in [3.05, 3.63) is 70.8 Å². The fraction of sp³-hybridized carbons (Fsp3) is 0.250. The lowest BCUT2D eigenvalue weighted by Crippen LogP contribution is -2.08. The largest absolute Gasteiger partial charge is 0.416 e. The van der Waals surface area contributed by atoms with Crippen LogP contribution >= 0.6 is 0 Å². The predicted octanol–water partition coefficient (Wildman–Crippen LogP) is 4.08. The quantitative estimate of drug-likeness (QED) is 0.833. The minimum Gasteiger partial charge on any atom is -0.388 e. The van der Waals surface area contributed by atoms with Gasteiger partial charge in [-0.3, -0.25) is 0 Å². The molecule has 104 valence electrons. The highest BCUT2D eigenvalue weighted by atomic mass is 19.4. The van der Waals surface area contributed by atoms with Crippen LogP contribution in [-0.4, -0.2) is 5.11 Å². The highest BCUT2D eigenvalue weighted by Gasteiger charge is 2.33. The summed E-state index contributed by atoms with van der Waals surface area (Å²) in [6, 6.07) is 12.6. The van der Waals surface area contributed by atoms with Gasteiger partial charge in [-0.1, -0.05) is 36.4 Å². The number of halogens is 3. The zero-order chi connectivity index (χ0) is 14.3. The van der Waals surface area contributed by atoms with Crippen molar-refractivity contribution in [1.82, 2.24) is 0 Å². The van der Waals surface area contributed by atoms with Gasteiger partial charge in [0.05, 0.1) is 11.7 Å². The van der Waals surface area contributed by atoms with Crippen molar-refractivity contribution >= 4 is 0 Å². The number of rotatable bonds is 1. The van der Waals surface area contributed by atoms with E-state index >= 15 is 0 Å². The fourth-order valence-electron chi connectivity index (χ4n) is 2.79. The van der Waals surface area contributed by atoms with Crippen molar-refractivity contribution in [2.24, 2.45) is 0 Å². The first-order valence-electron chi connectivity index (χ1n) is 6.40. The van der Waals surface area contributed by atoms with Crippen LogP contribution in [0.5, 0.6) is 0 Å². The number of aliphatic hydroxyl groups is 1. The topological polar surface area (TPSA) is 20.2 Å². The monoisotopic (exact) mass is 278 g/mol. The van der Waals surface area contributed by atoms with Gasteiger partial charge in [-0.05, 0) is 35.2 Å². The fourth-order valence-corrected chi connectivity index (χ4v) is 2.79. The normalized spacial score (nSPS) is 21.8. The van der Waals surface area contributed by atoms with E-state index in [1.54, 1.807) is 0 Å². The first-order valence-corrected chi connectivity index (χ1v) is 6.40. The van der Waals surface area contributed by atoms with Crippen LogP contribution in [0.2, 0.25) is 0 Å². The molecular weight excluding hydrogens is 265 g/mol. The number of hydrogen-bond acceptors (Lipinski definition) is 1. The van der Waals surface area contributed by atoms with Crippen molar-refractivity contribution in [2.75, 3.05) is 0 Å². The maximum atomic E-state index is 12.5. The van der Waals surface area contributed by atoms with Gasteiger partial charge >= 0.3 is 6.18 Å². The summed E-state index contributed by atoms with van der Waals surface area (Å²) in [6.45, 7) is 0. The number of alkyl halides is 3. The predicted molar refractivity (Wildman–Crippen MR) is 69.3 cm³/mol. The van der Waals surface area contributed by atoms with Gasteiger partial charge in [0.2, 0.25) is 0 Å². The summed E-state index contributed by atoms with van der Waals surface area (Å²) >= 11 is 0. The van der Waals surface area contributed by atoms with Crippen LogP contribution in [0.25, 0.3) is 0 Å². The average Bonchev–Trinajstić information content (AvgIpc) is 2.76. The van der Waals surface area contributed by atoms with Gasteiger partial charge in [0.15, 0.2) is 0 Å². The molecule has 2 aromatic rings. The van der Waals surface area contributed by atoms with E-state index in [1.165, 1.54) is 12.1 Å². The van der Waals surface area contributed by atoms with Crippen LogP contribution in [-0.2, 0) is 12.6 Å². The van der Waals surface area contributed by atoms with Gasteiger partial charge in [-0.15, -0.1) is 0 Å². The zero-order valence-corrected chi connectivity index (χ0v) is 10.6. The molecule has 0 aliphatic heterocycles. The van der Waals surface area contributed by atoms with Crippen LogP contribution in [0.4, 0.5) is 13.2 Å². The molecule has 0 spiro atoms. The molecule has 1 aliphatic carbocycles. The number of benzene rings is 2. The summed E-state index contributed by atoms with van der Waals surface area (Å²) in [5.41, 5.74) is 2.01. The van der Waals surface area contributed by atoms with Crippen LogP contribution in [0.3, 0.4) is 0 Å². The minimum atomic E-state index is -4.32. The van der Waals surface area contributed by atoms with Crippen LogP contribution in [0.1, 0.15) is 34.3 Å². The highest BCUT2D eigenvalue weighted by Crippen LogP contribution is 2.42. The van der Waals surface area contributed by atoms with Gasteiger partial charge in [-0.2, -0.15) is 13.2 Å². The number of fused-ring (bicyclic) bond motifs is 1. The Hall–Kier alpha value is -1.81. The molecule has 20 heavy (non-hydrogen) atoms. The Labute approximate surface area is 114 Å². The molecule has 0 aromatic heterocycles. The first-order chi connectivity index (χ1) is 9.47. The molecule has 0 fully saturated rings. The summed E-state index contributed by atoms with van der Waals surface area (Å²) in [7, 11) is 0. The second-order valence-electron chi connectivity index (χ2n) is 5.07. The molecule has 2 aromatic carbocycles. The zero-order valence-electron chi connectivity index (χ0n) is 10.6. The molecule has 0 radical (unpaired) electrons. The summed E-state index contributed by atoms with van der Waals surface area (Å²) in [6.07, 6.45) is -4.32. The molecule has 2 atom stereocenters. The van der Waals surface area contributed by atoms with E-state index in [0.29, 0.717) is 6.42 Å². The molecule has 1 nitrogen and oxygen atoms in total. The smallest absolute Gasteiger partial charge is 0.388 e. The lowest BCUT2D eigenvalue weighted by atomic mass is 9.93. The molecule has 0 heterocycles. The molecule has 1 aliphatic rings. The van der Waals surface area contributed by atoms with E-state index < -0.39 is 17.8 Å². The van der Waals surface area contributed by atoms with Crippen molar-refractivity contribution in [2.45, 2.75) is 24.6 Å². The third-order valence-electron chi connectivity index (χ3n) is 3.86. The summed E-state index contributed by atoms with van der Waals surface area (Å²) in [4.78, 5) is 0. The van der Waals surface area contributed by atoms with Gasteiger partial charge in [0.25, 0.3) is 0 Å². The Bertz CT molecular complexity index is 616. The van der Waals surface area contributed by atoms with E-state index in [0.717, 1.165) is 28.8 Å². The molecule has 4 heteroatoms. The van der Waals surface area contributed by atoms with E-state index in [9.17, 15) is 18.3 Å². The summed E-state index contributed by atoms with van der Waals surface area (Å²) in [5.74, 6) is -0.172. The van der Waals surface area contributed by atoms with E-state index in [1.807, 2.05) is 24.3 Å². The lowest BCUT2D eigenvalue weighted by Gasteiger charge is -2.16. The molecular formula is C16H13F3O. The minimum absolute atomic E-state index is 0.172. The van der Waals surface area contributed by atoms with Crippen molar-refractivity contribution in [3.63, 3.8) is 0 Å². The van der Waals surface area contributed by atoms with E-state index in [4.69, 9.17) is 0 Å². The molecule has 0 bridgehead atoms. The molecule has 0 saturated carbocycles. The van der Waals surface area contributed by atoms with Crippen molar-refractivity contribution in [1.29, 1.82) is 0 Å². The lowest BCUT2D eigenvalue weighted by molar-refractivity contribution is -0.137. The second kappa shape index (κ2) is 4.63. The molecule has 1 N–H and O–H groups in total. The Morgan fingerprint density at radius 3 is 2.20 bits per heavy atom. The number of hydrogen-bond donors (Lipinski definition) is 1. The first kappa shape index (κ1) is 13.2. The average molecular weight is 278 g/mol. The third kappa shape index (κ3) is 2.20. The van der Waals surface area contributed by atoms with Gasteiger partial charge < -0.3 is 5.11 Å². The SMILES string of the molecule is OC1c2ccccc2CC1c1ccc(C(F)(F)F)cc1. The standard InChI is InChI=1S/C16H13F3O/c17-16(18,19)12-7-5-10(6-8-12)14-9-11-3-1-2-4-13(11)15(14)20/h1-8,14-15,20H,9H2. The van der Waals surface area contributed by atoms with Crippen LogP contribution in [0, 0.1) is 0 Å². The van der Waals surface area contributed by atoms with E-state index in [2.05, 4.69) is 0 Å². The third-order valence-corrected chi connectivity index (χ3v) is 3.86. The number of aliphatic hydroxyl groups excluding tert-OH is 1. The van der Waals surface area contributed by atoms with Gasteiger partial charge in [0.1, 0.15) is 0 Å². The second-order valence-corrected chi connectivity index (χ2v) is 5.07. The van der Waals surface area contributed by atoms with E-state index in [-0.39, 0.29) is 5.92 Å². The maximum absolute atomic E-state index is 12.5. The Morgan fingerprint density at radius 2 is 1.60 bits per heavy atom. The Balaban J connectivity index is 1.89. The molecule has 0 saturated heterocycles. The summed E-state index contributed by atoms with van der Waals surface area (Å²) < 4.78 is 37.6. The molecule has 2 unspecified atom stereocenters. The van der Waals surface area contributed by atoms with Crippen molar-refractivity contribution in [3.8, 4) is 0 Å². The van der Waals surface area contributed by atoms with Gasteiger partial charge in [-0.25, -0.2) is 0 Å². The van der Waals surface area contributed by atoms with Crippen molar-refractivity contribution < 1.29 is 18.3 Å².